The number of aromatic nitrogens is 2. The van der Waals surface area contributed by atoms with Gasteiger partial charge in [0.1, 0.15) is 18.0 Å². The molecule has 1 aliphatic rings. The number of rotatable bonds is 6. The van der Waals surface area contributed by atoms with E-state index in [-0.39, 0.29) is 16.4 Å². The van der Waals surface area contributed by atoms with Gasteiger partial charge in [-0.3, -0.25) is 19.7 Å². The van der Waals surface area contributed by atoms with Crippen LogP contribution in [0.4, 0.5) is 5.69 Å². The number of anilines is 1. The molecule has 1 N–H and O–H groups in total. The SMILES string of the molecule is Cc1c(N2C(=N)S/C(=C\c3cccc(OCc4ccccc4)c3)C2=O)c(=O)n(-c2ccccc2)n1C. The van der Waals surface area contributed by atoms with Crippen LogP contribution in [0.3, 0.4) is 0 Å². The molecule has 1 fully saturated rings. The largest absolute Gasteiger partial charge is 0.489 e. The summed E-state index contributed by atoms with van der Waals surface area (Å²) in [6.07, 6.45) is 1.73. The van der Waals surface area contributed by atoms with Crippen LogP contribution in [0.1, 0.15) is 16.8 Å². The minimum Gasteiger partial charge on any atom is -0.489 e. The molecular weight excluding hydrogens is 472 g/mol. The number of hydrogen-bond acceptors (Lipinski definition) is 5. The Bertz CT molecular complexity index is 1540. The fraction of sp³-hybridized carbons (Fsp3) is 0.107. The van der Waals surface area contributed by atoms with Crippen LogP contribution >= 0.6 is 11.8 Å². The van der Waals surface area contributed by atoms with Crippen molar-refractivity contribution in [1.29, 1.82) is 5.41 Å². The molecule has 2 heterocycles. The van der Waals surface area contributed by atoms with Crippen LogP contribution in [0.15, 0.2) is 94.6 Å². The van der Waals surface area contributed by atoms with Crippen LogP contribution in [0.5, 0.6) is 5.75 Å². The molecule has 5 rings (SSSR count). The highest BCUT2D eigenvalue weighted by molar-refractivity contribution is 8.19. The van der Waals surface area contributed by atoms with Gasteiger partial charge in [0, 0.05) is 7.05 Å². The topological polar surface area (TPSA) is 80.3 Å². The molecule has 4 aromatic rings. The predicted octanol–water partition coefficient (Wildman–Crippen LogP) is 5.12. The highest BCUT2D eigenvalue weighted by atomic mass is 32.2. The third kappa shape index (κ3) is 4.38. The van der Waals surface area contributed by atoms with Gasteiger partial charge in [-0.2, -0.15) is 0 Å². The van der Waals surface area contributed by atoms with Gasteiger partial charge in [-0.1, -0.05) is 60.7 Å². The summed E-state index contributed by atoms with van der Waals surface area (Å²) >= 11 is 1.04. The molecule has 0 unspecified atom stereocenters. The number of ether oxygens (including phenoxy) is 1. The first-order chi connectivity index (χ1) is 17.4. The third-order valence-electron chi connectivity index (χ3n) is 5.98. The molecular formula is C28H24N4O3S. The first kappa shape index (κ1) is 23.4. The summed E-state index contributed by atoms with van der Waals surface area (Å²) < 4.78 is 9.11. The third-order valence-corrected chi connectivity index (χ3v) is 6.86. The Balaban J connectivity index is 1.42. The molecule has 3 aromatic carbocycles. The van der Waals surface area contributed by atoms with E-state index in [9.17, 15) is 9.59 Å². The Kier molecular flexibility index (Phi) is 6.35. The zero-order valence-corrected chi connectivity index (χ0v) is 20.7. The van der Waals surface area contributed by atoms with Crippen molar-refractivity contribution >= 4 is 34.6 Å². The number of thioether (sulfide) groups is 1. The molecule has 8 heteroatoms. The van der Waals surface area contributed by atoms with Crippen molar-refractivity contribution in [2.45, 2.75) is 13.5 Å². The molecule has 1 aromatic heterocycles. The summed E-state index contributed by atoms with van der Waals surface area (Å²) in [5, 5.41) is 8.49. The van der Waals surface area contributed by atoms with Crippen LogP contribution in [0.2, 0.25) is 0 Å². The van der Waals surface area contributed by atoms with Crippen molar-refractivity contribution in [1.82, 2.24) is 9.36 Å². The van der Waals surface area contributed by atoms with Crippen molar-refractivity contribution in [3.8, 4) is 11.4 Å². The second-order valence-electron chi connectivity index (χ2n) is 8.31. The molecule has 0 bridgehead atoms. The average molecular weight is 497 g/mol. The van der Waals surface area contributed by atoms with Gasteiger partial charge in [-0.15, -0.1) is 0 Å². The quantitative estimate of drug-likeness (QED) is 0.376. The lowest BCUT2D eigenvalue weighted by Gasteiger charge is -2.12. The number of para-hydroxylation sites is 1. The normalized spacial score (nSPS) is 14.6. The number of nitrogens with zero attached hydrogens (tertiary/aromatic N) is 3. The van der Waals surface area contributed by atoms with Crippen molar-refractivity contribution < 1.29 is 9.53 Å². The molecule has 1 saturated heterocycles. The number of carbonyl (C=O) groups is 1. The highest BCUT2D eigenvalue weighted by Crippen LogP contribution is 2.36. The maximum Gasteiger partial charge on any atom is 0.296 e. The zero-order valence-electron chi connectivity index (χ0n) is 19.8. The Hall–Kier alpha value is -4.30. The van der Waals surface area contributed by atoms with E-state index < -0.39 is 5.91 Å². The summed E-state index contributed by atoms with van der Waals surface area (Å²) in [6, 6.07) is 26.6. The van der Waals surface area contributed by atoms with E-state index >= 15 is 0 Å². The number of hydrogen-bond donors (Lipinski definition) is 1. The summed E-state index contributed by atoms with van der Waals surface area (Å²) in [5.41, 5.74) is 2.96. The van der Waals surface area contributed by atoms with Gasteiger partial charge in [0.05, 0.1) is 16.3 Å². The van der Waals surface area contributed by atoms with Gasteiger partial charge in [0.15, 0.2) is 5.17 Å². The maximum atomic E-state index is 13.4. The monoisotopic (exact) mass is 496 g/mol. The number of carbonyl (C=O) groups excluding carboxylic acids is 1. The Morgan fingerprint density at radius 3 is 2.36 bits per heavy atom. The molecule has 36 heavy (non-hydrogen) atoms. The molecule has 0 aliphatic carbocycles. The minimum atomic E-state index is -0.397. The lowest BCUT2D eigenvalue weighted by atomic mass is 10.2. The van der Waals surface area contributed by atoms with E-state index in [0.29, 0.717) is 28.6 Å². The van der Waals surface area contributed by atoms with Gasteiger partial charge >= 0.3 is 0 Å². The maximum absolute atomic E-state index is 13.4. The lowest BCUT2D eigenvalue weighted by Crippen LogP contribution is -2.33. The van der Waals surface area contributed by atoms with Gasteiger partial charge in [0.25, 0.3) is 11.5 Å². The van der Waals surface area contributed by atoms with Crippen LogP contribution in [-0.2, 0) is 18.4 Å². The molecule has 0 spiro atoms. The van der Waals surface area contributed by atoms with Crippen molar-refractivity contribution in [3.05, 3.63) is 117 Å². The number of benzene rings is 3. The van der Waals surface area contributed by atoms with Crippen LogP contribution in [0, 0.1) is 12.3 Å². The molecule has 0 atom stereocenters. The van der Waals surface area contributed by atoms with Gasteiger partial charge in [0.2, 0.25) is 0 Å². The van der Waals surface area contributed by atoms with Gasteiger partial charge in [-0.05, 0) is 60.2 Å². The number of amides is 1. The zero-order chi connectivity index (χ0) is 25.2. The first-order valence-electron chi connectivity index (χ1n) is 11.4. The van der Waals surface area contributed by atoms with Gasteiger partial charge in [-0.25, -0.2) is 9.58 Å². The molecule has 1 aliphatic heterocycles. The fourth-order valence-corrected chi connectivity index (χ4v) is 4.94. The highest BCUT2D eigenvalue weighted by Gasteiger charge is 2.37. The second kappa shape index (κ2) is 9.75. The first-order valence-corrected chi connectivity index (χ1v) is 12.2. The van der Waals surface area contributed by atoms with E-state index in [0.717, 1.165) is 22.9 Å². The summed E-state index contributed by atoms with van der Waals surface area (Å²) in [6.45, 7) is 2.21. The van der Waals surface area contributed by atoms with Crippen molar-refractivity contribution in [2.75, 3.05) is 4.90 Å². The molecule has 0 radical (unpaired) electrons. The van der Waals surface area contributed by atoms with E-state index in [1.165, 1.54) is 9.58 Å². The molecule has 7 nitrogen and oxygen atoms in total. The summed E-state index contributed by atoms with van der Waals surface area (Å²) in [4.78, 5) is 28.3. The van der Waals surface area contributed by atoms with Crippen molar-refractivity contribution in [3.63, 3.8) is 0 Å². The Morgan fingerprint density at radius 1 is 0.944 bits per heavy atom. The van der Waals surface area contributed by atoms with Crippen molar-refractivity contribution in [2.24, 2.45) is 7.05 Å². The number of nitrogens with one attached hydrogen (secondary N) is 1. The predicted molar refractivity (Wildman–Crippen MR) is 144 cm³/mol. The van der Waals surface area contributed by atoms with Crippen LogP contribution in [0.25, 0.3) is 11.8 Å². The number of amidine groups is 1. The Labute approximate surface area is 212 Å². The molecule has 180 valence electrons. The van der Waals surface area contributed by atoms with E-state index in [4.69, 9.17) is 10.1 Å². The van der Waals surface area contributed by atoms with Gasteiger partial charge < -0.3 is 4.74 Å². The summed E-state index contributed by atoms with van der Waals surface area (Å²) in [7, 11) is 1.77. The Morgan fingerprint density at radius 2 is 1.64 bits per heavy atom. The fourth-order valence-electron chi connectivity index (χ4n) is 4.09. The van der Waals surface area contributed by atoms with Crippen LogP contribution < -0.4 is 15.2 Å². The van der Waals surface area contributed by atoms with E-state index in [1.807, 2.05) is 84.9 Å². The minimum absolute atomic E-state index is 0.00579. The average Bonchev–Trinajstić information content (AvgIpc) is 3.28. The molecule has 0 saturated carbocycles. The second-order valence-corrected chi connectivity index (χ2v) is 9.34. The standard InChI is InChI=1S/C28H24N4O3S/c1-19-25(27(34)32(30(19)2)22-13-7-4-8-14-22)31-26(33)24(36-28(31)29)17-21-12-9-15-23(16-21)35-18-20-10-5-3-6-11-20/h3-17,29H,18H2,1-2H3/b24-17-,29-28?. The molecule has 1 amide bonds. The van der Waals surface area contributed by atoms with Crippen LogP contribution in [-0.4, -0.2) is 20.4 Å². The lowest BCUT2D eigenvalue weighted by molar-refractivity contribution is -0.113. The van der Waals surface area contributed by atoms with E-state index in [2.05, 4.69) is 0 Å². The smallest absolute Gasteiger partial charge is 0.296 e. The van der Waals surface area contributed by atoms with E-state index in [1.54, 1.807) is 24.7 Å². The summed E-state index contributed by atoms with van der Waals surface area (Å²) in [5.74, 6) is 0.284.